The molecule has 0 atom stereocenters. The van der Waals surface area contributed by atoms with E-state index in [1.807, 2.05) is 13.8 Å². The van der Waals surface area contributed by atoms with Crippen LogP contribution in [-0.2, 0) is 11.8 Å². The third-order valence-electron chi connectivity index (χ3n) is 3.26. The molecule has 0 fully saturated rings. The summed E-state index contributed by atoms with van der Waals surface area (Å²) in [4.78, 5) is 24.3. The van der Waals surface area contributed by atoms with Gasteiger partial charge in [0, 0.05) is 18.8 Å². The summed E-state index contributed by atoms with van der Waals surface area (Å²) in [5.41, 5.74) is 0.673. The molecule has 0 spiro atoms. The van der Waals surface area contributed by atoms with Crippen molar-refractivity contribution in [1.29, 1.82) is 0 Å². The second kappa shape index (κ2) is 8.18. The molecule has 1 N–H and O–H groups in total. The van der Waals surface area contributed by atoms with Crippen molar-refractivity contribution >= 4 is 17.6 Å². The fraction of sp³-hybridized carbons (Fsp3) is 0.353. The quantitative estimate of drug-likeness (QED) is 0.773. The molecule has 8 nitrogen and oxygen atoms in total. The molecule has 0 bridgehead atoms. The average Bonchev–Trinajstić information content (AvgIpc) is 2.96. The molecule has 0 aliphatic rings. The van der Waals surface area contributed by atoms with E-state index in [0.717, 1.165) is 0 Å². The summed E-state index contributed by atoms with van der Waals surface area (Å²) < 4.78 is 17.1. The number of carbonyl (C=O) groups excluding carboxylic acids is 2. The third kappa shape index (κ3) is 4.28. The van der Waals surface area contributed by atoms with Crippen molar-refractivity contribution in [2.24, 2.45) is 7.05 Å². The molecule has 2 aromatic rings. The Morgan fingerprint density at radius 3 is 2.48 bits per heavy atom. The van der Waals surface area contributed by atoms with Crippen molar-refractivity contribution in [1.82, 2.24) is 9.78 Å². The Bertz CT molecular complexity index is 770. The van der Waals surface area contributed by atoms with Crippen LogP contribution in [0.25, 0.3) is 0 Å². The van der Waals surface area contributed by atoms with Gasteiger partial charge < -0.3 is 19.5 Å². The number of hydrogen-bond acceptors (Lipinski definition) is 6. The van der Waals surface area contributed by atoms with Crippen LogP contribution in [0.5, 0.6) is 11.5 Å². The number of carbonyl (C=O) groups is 2. The SMILES string of the molecule is CCOc1ccc(C(=O)Nc2cn(C)nc2C(=O)OC)cc1OCC. The van der Waals surface area contributed by atoms with Gasteiger partial charge in [-0.15, -0.1) is 0 Å². The monoisotopic (exact) mass is 347 g/mol. The lowest BCUT2D eigenvalue weighted by Crippen LogP contribution is -2.15. The lowest BCUT2D eigenvalue weighted by Gasteiger charge is -2.12. The number of anilines is 1. The molecule has 1 heterocycles. The maximum absolute atomic E-state index is 12.5. The maximum Gasteiger partial charge on any atom is 0.360 e. The topological polar surface area (TPSA) is 91.7 Å². The number of methoxy groups -OCH3 is 1. The van der Waals surface area contributed by atoms with E-state index < -0.39 is 11.9 Å². The summed E-state index contributed by atoms with van der Waals surface area (Å²) in [5, 5.41) is 6.66. The zero-order valence-corrected chi connectivity index (χ0v) is 14.7. The zero-order chi connectivity index (χ0) is 18.4. The van der Waals surface area contributed by atoms with Crippen LogP contribution < -0.4 is 14.8 Å². The molecule has 8 heteroatoms. The van der Waals surface area contributed by atoms with E-state index >= 15 is 0 Å². The Kier molecular flexibility index (Phi) is 5.99. The first-order valence-corrected chi connectivity index (χ1v) is 7.83. The van der Waals surface area contributed by atoms with Crippen molar-refractivity contribution in [2.45, 2.75) is 13.8 Å². The number of nitrogens with zero attached hydrogens (tertiary/aromatic N) is 2. The van der Waals surface area contributed by atoms with Crippen LogP contribution >= 0.6 is 0 Å². The van der Waals surface area contributed by atoms with Gasteiger partial charge >= 0.3 is 5.97 Å². The van der Waals surface area contributed by atoms with E-state index in [-0.39, 0.29) is 11.4 Å². The highest BCUT2D eigenvalue weighted by Crippen LogP contribution is 2.29. The Morgan fingerprint density at radius 1 is 1.16 bits per heavy atom. The molecule has 134 valence electrons. The molecule has 1 amide bonds. The Hall–Kier alpha value is -3.03. The number of aromatic nitrogens is 2. The minimum atomic E-state index is -0.627. The predicted octanol–water partition coefficient (Wildman–Crippen LogP) is 2.26. The molecule has 0 aliphatic carbocycles. The summed E-state index contributed by atoms with van der Waals surface area (Å²) in [6, 6.07) is 4.89. The minimum Gasteiger partial charge on any atom is -0.490 e. The van der Waals surface area contributed by atoms with Gasteiger partial charge in [0.15, 0.2) is 17.2 Å². The van der Waals surface area contributed by atoms with Gasteiger partial charge in [0.2, 0.25) is 0 Å². The number of esters is 1. The van der Waals surface area contributed by atoms with Crippen molar-refractivity contribution in [3.63, 3.8) is 0 Å². The third-order valence-corrected chi connectivity index (χ3v) is 3.26. The van der Waals surface area contributed by atoms with Gasteiger partial charge in [0.05, 0.1) is 26.0 Å². The van der Waals surface area contributed by atoms with Crippen molar-refractivity contribution in [3.8, 4) is 11.5 Å². The molecule has 2 rings (SSSR count). The minimum absolute atomic E-state index is 0.0364. The maximum atomic E-state index is 12.5. The number of rotatable bonds is 7. The molecule has 0 saturated carbocycles. The zero-order valence-electron chi connectivity index (χ0n) is 14.7. The molecule has 25 heavy (non-hydrogen) atoms. The van der Waals surface area contributed by atoms with Crippen LogP contribution in [0, 0.1) is 0 Å². The van der Waals surface area contributed by atoms with E-state index in [1.54, 1.807) is 25.2 Å². The van der Waals surface area contributed by atoms with E-state index in [9.17, 15) is 9.59 Å². The fourth-order valence-electron chi connectivity index (χ4n) is 2.21. The summed E-state index contributed by atoms with van der Waals surface area (Å²) >= 11 is 0. The van der Waals surface area contributed by atoms with E-state index in [0.29, 0.717) is 30.3 Å². The molecule has 0 saturated heterocycles. The van der Waals surface area contributed by atoms with Gasteiger partial charge in [-0.1, -0.05) is 0 Å². The summed E-state index contributed by atoms with van der Waals surface area (Å²) in [7, 11) is 2.90. The van der Waals surface area contributed by atoms with E-state index in [4.69, 9.17) is 9.47 Å². The number of hydrogen-bond donors (Lipinski definition) is 1. The number of amides is 1. The van der Waals surface area contributed by atoms with Crippen LogP contribution in [0.15, 0.2) is 24.4 Å². The highest BCUT2D eigenvalue weighted by Gasteiger charge is 2.20. The lowest BCUT2D eigenvalue weighted by molar-refractivity contribution is 0.0594. The Balaban J connectivity index is 2.26. The molecule has 0 aliphatic heterocycles. The van der Waals surface area contributed by atoms with Crippen molar-refractivity contribution in [2.75, 3.05) is 25.6 Å². The van der Waals surface area contributed by atoms with Crippen LogP contribution in [0.4, 0.5) is 5.69 Å². The first-order chi connectivity index (χ1) is 12.0. The first-order valence-electron chi connectivity index (χ1n) is 7.83. The molecular weight excluding hydrogens is 326 g/mol. The van der Waals surface area contributed by atoms with E-state index in [2.05, 4.69) is 15.2 Å². The van der Waals surface area contributed by atoms with Crippen molar-refractivity contribution in [3.05, 3.63) is 35.7 Å². The molecule has 0 unspecified atom stereocenters. The normalized spacial score (nSPS) is 10.2. The van der Waals surface area contributed by atoms with Gasteiger partial charge in [-0.25, -0.2) is 4.79 Å². The van der Waals surface area contributed by atoms with Crippen LogP contribution in [-0.4, -0.2) is 42.0 Å². The summed E-state index contributed by atoms with van der Waals surface area (Å²) in [6.07, 6.45) is 1.53. The van der Waals surface area contributed by atoms with Crippen LogP contribution in [0.1, 0.15) is 34.7 Å². The molecule has 0 radical (unpaired) electrons. The van der Waals surface area contributed by atoms with Gasteiger partial charge in [-0.05, 0) is 32.0 Å². The lowest BCUT2D eigenvalue weighted by atomic mass is 10.2. The first kappa shape index (κ1) is 18.3. The van der Waals surface area contributed by atoms with Crippen molar-refractivity contribution < 1.29 is 23.8 Å². The Morgan fingerprint density at radius 2 is 1.84 bits per heavy atom. The highest BCUT2D eigenvalue weighted by atomic mass is 16.5. The van der Waals surface area contributed by atoms with Gasteiger partial charge in [0.25, 0.3) is 5.91 Å². The number of nitrogens with one attached hydrogen (secondary N) is 1. The smallest absolute Gasteiger partial charge is 0.360 e. The largest absolute Gasteiger partial charge is 0.490 e. The van der Waals surface area contributed by atoms with Crippen LogP contribution in [0.2, 0.25) is 0 Å². The molecule has 1 aromatic heterocycles. The standard InChI is InChI=1S/C17H21N3O5/c1-5-24-13-8-7-11(9-14(13)25-6-2)16(21)18-12-10-20(3)19-15(12)17(22)23-4/h7-10H,5-6H2,1-4H3,(H,18,21). The fourth-order valence-corrected chi connectivity index (χ4v) is 2.21. The van der Waals surface area contributed by atoms with Crippen LogP contribution in [0.3, 0.4) is 0 Å². The predicted molar refractivity (Wildman–Crippen MR) is 91.3 cm³/mol. The second-order valence-electron chi connectivity index (χ2n) is 5.04. The van der Waals surface area contributed by atoms with E-state index in [1.165, 1.54) is 18.0 Å². The Labute approximate surface area is 145 Å². The number of benzene rings is 1. The highest BCUT2D eigenvalue weighted by molar-refractivity contribution is 6.07. The molecular formula is C17H21N3O5. The summed E-state index contributed by atoms with van der Waals surface area (Å²) in [5.74, 6) is 0.0219. The average molecular weight is 347 g/mol. The molecule has 1 aromatic carbocycles. The van der Waals surface area contributed by atoms with Gasteiger partial charge in [-0.3, -0.25) is 9.48 Å². The number of aryl methyl sites for hydroxylation is 1. The van der Waals surface area contributed by atoms with Gasteiger partial charge in [-0.2, -0.15) is 5.10 Å². The summed E-state index contributed by atoms with van der Waals surface area (Å²) in [6.45, 7) is 4.65. The van der Waals surface area contributed by atoms with Gasteiger partial charge in [0.1, 0.15) is 0 Å². The second-order valence-corrected chi connectivity index (χ2v) is 5.04. The number of ether oxygens (including phenoxy) is 3.